The fourth-order valence-electron chi connectivity index (χ4n) is 2.92. The molecule has 3 rings (SSSR count). The zero-order valence-electron chi connectivity index (χ0n) is 13.7. The summed E-state index contributed by atoms with van der Waals surface area (Å²) >= 11 is 0. The smallest absolute Gasteiger partial charge is 0.418 e. The van der Waals surface area contributed by atoms with Crippen LogP contribution in [-0.4, -0.2) is 34.1 Å². The molecule has 0 bridgehead atoms. The van der Waals surface area contributed by atoms with Crippen LogP contribution >= 0.6 is 0 Å². The first-order valence-electron chi connectivity index (χ1n) is 8.07. The van der Waals surface area contributed by atoms with Crippen LogP contribution in [0, 0.1) is 5.92 Å². The van der Waals surface area contributed by atoms with Gasteiger partial charge in [0.2, 0.25) is 0 Å². The summed E-state index contributed by atoms with van der Waals surface area (Å²) in [5, 5.41) is 11.7. The number of alkyl halides is 3. The minimum absolute atomic E-state index is 0.0887. The summed E-state index contributed by atoms with van der Waals surface area (Å²) in [5.74, 6) is -0.384. The summed E-state index contributed by atoms with van der Waals surface area (Å²) in [5.41, 5.74) is -0.864. The first-order valence-corrected chi connectivity index (χ1v) is 8.07. The number of carbonyl (C=O) groups is 1. The molecule has 0 unspecified atom stereocenters. The van der Waals surface area contributed by atoms with Crippen LogP contribution in [-0.2, 0) is 11.0 Å². The van der Waals surface area contributed by atoms with Crippen molar-refractivity contribution in [3.05, 3.63) is 42.2 Å². The number of nitrogens with zero attached hydrogens (tertiary/aromatic N) is 3. The van der Waals surface area contributed by atoms with Gasteiger partial charge in [-0.15, -0.1) is 0 Å². The van der Waals surface area contributed by atoms with Gasteiger partial charge in [0.1, 0.15) is 18.0 Å². The van der Waals surface area contributed by atoms with Crippen LogP contribution in [0.3, 0.4) is 0 Å². The molecule has 1 aromatic heterocycles. The van der Waals surface area contributed by atoms with E-state index in [1.165, 1.54) is 24.5 Å². The first kappa shape index (κ1) is 18.0. The Balaban J connectivity index is 1.76. The molecule has 9 heteroatoms. The molecular formula is C17H17F3N4O2. The van der Waals surface area contributed by atoms with Crippen LogP contribution in [0.2, 0.25) is 0 Å². The topological polar surface area (TPSA) is 78.4 Å². The lowest BCUT2D eigenvalue weighted by molar-refractivity contribution is -0.142. The molecular weight excluding hydrogens is 349 g/mol. The number of anilines is 3. The zero-order valence-corrected chi connectivity index (χ0v) is 13.7. The third kappa shape index (κ3) is 4.04. The molecule has 1 aliphatic heterocycles. The summed E-state index contributed by atoms with van der Waals surface area (Å²) in [4.78, 5) is 21.1. The van der Waals surface area contributed by atoms with E-state index in [-0.39, 0.29) is 17.4 Å². The third-order valence-corrected chi connectivity index (χ3v) is 4.32. The zero-order chi connectivity index (χ0) is 18.7. The second-order valence-electron chi connectivity index (χ2n) is 6.03. The molecule has 2 heterocycles. The minimum atomic E-state index is -4.47. The van der Waals surface area contributed by atoms with Gasteiger partial charge in [-0.25, -0.2) is 9.97 Å². The Morgan fingerprint density at radius 3 is 2.54 bits per heavy atom. The van der Waals surface area contributed by atoms with Crippen molar-refractivity contribution >= 4 is 23.3 Å². The maximum atomic E-state index is 13.1. The van der Waals surface area contributed by atoms with Crippen molar-refractivity contribution in [1.29, 1.82) is 0 Å². The number of nitrogens with one attached hydrogen (secondary N) is 1. The molecule has 6 nitrogen and oxygen atoms in total. The van der Waals surface area contributed by atoms with Crippen LogP contribution < -0.4 is 10.2 Å². The highest BCUT2D eigenvalue weighted by atomic mass is 19.4. The lowest BCUT2D eigenvalue weighted by Gasteiger charge is -2.31. The van der Waals surface area contributed by atoms with Gasteiger partial charge in [-0.1, -0.05) is 12.1 Å². The van der Waals surface area contributed by atoms with Crippen LogP contribution in [0.1, 0.15) is 18.4 Å². The van der Waals surface area contributed by atoms with Crippen molar-refractivity contribution < 1.29 is 23.1 Å². The minimum Gasteiger partial charge on any atom is -0.481 e. The molecule has 1 fully saturated rings. The number of carboxylic acid groups (broad SMARTS) is 1. The molecule has 0 aliphatic carbocycles. The number of aliphatic carboxylic acids is 1. The summed E-state index contributed by atoms with van der Waals surface area (Å²) in [6.07, 6.45) is -2.20. The van der Waals surface area contributed by atoms with Crippen LogP contribution in [0.4, 0.5) is 30.5 Å². The Hall–Kier alpha value is -2.84. The highest BCUT2D eigenvalue weighted by Gasteiger charge is 2.33. The number of hydrogen-bond acceptors (Lipinski definition) is 5. The number of piperidine rings is 1. The predicted molar refractivity (Wildman–Crippen MR) is 89.3 cm³/mol. The van der Waals surface area contributed by atoms with E-state index in [0.29, 0.717) is 31.7 Å². The van der Waals surface area contributed by atoms with Gasteiger partial charge < -0.3 is 15.3 Å². The van der Waals surface area contributed by atoms with Gasteiger partial charge >= 0.3 is 12.1 Å². The first-order chi connectivity index (χ1) is 12.3. The number of hydrogen-bond donors (Lipinski definition) is 2. The lowest BCUT2D eigenvalue weighted by atomic mass is 9.97. The quantitative estimate of drug-likeness (QED) is 0.862. The highest BCUT2D eigenvalue weighted by Crippen LogP contribution is 2.35. The molecule has 2 N–H and O–H groups in total. The van der Waals surface area contributed by atoms with E-state index >= 15 is 0 Å². The Morgan fingerprint density at radius 2 is 1.88 bits per heavy atom. The van der Waals surface area contributed by atoms with Crippen LogP contribution in [0.25, 0.3) is 0 Å². The Kier molecular flexibility index (Phi) is 4.97. The van der Waals surface area contributed by atoms with E-state index < -0.39 is 17.7 Å². The average Bonchev–Trinajstić information content (AvgIpc) is 2.61. The molecule has 0 atom stereocenters. The Labute approximate surface area is 147 Å². The monoisotopic (exact) mass is 366 g/mol. The number of para-hydroxylation sites is 1. The molecule has 0 saturated carbocycles. The van der Waals surface area contributed by atoms with Gasteiger partial charge in [0.25, 0.3) is 0 Å². The summed E-state index contributed by atoms with van der Waals surface area (Å²) < 4.78 is 39.3. The standard InChI is InChI=1S/C17H17F3N4O2/c18-17(19,20)12-3-1-2-4-13(12)23-14-9-15(22-10-21-14)24-7-5-11(6-8-24)16(25)26/h1-4,9-11H,5-8H2,(H,25,26)(H,21,22,23). The maximum absolute atomic E-state index is 13.1. The van der Waals surface area contributed by atoms with E-state index in [0.717, 1.165) is 6.07 Å². The number of benzene rings is 1. The maximum Gasteiger partial charge on any atom is 0.418 e. The summed E-state index contributed by atoms with van der Waals surface area (Å²) in [6.45, 7) is 1.04. The molecule has 2 aromatic rings. The largest absolute Gasteiger partial charge is 0.481 e. The van der Waals surface area contributed by atoms with E-state index in [1.807, 2.05) is 4.90 Å². The Bertz CT molecular complexity index is 790. The molecule has 1 aromatic carbocycles. The van der Waals surface area contributed by atoms with Gasteiger partial charge in [-0.3, -0.25) is 4.79 Å². The highest BCUT2D eigenvalue weighted by molar-refractivity contribution is 5.70. The van der Waals surface area contributed by atoms with Gasteiger partial charge in [0, 0.05) is 19.2 Å². The van der Waals surface area contributed by atoms with Gasteiger partial charge in [0.05, 0.1) is 17.2 Å². The molecule has 0 amide bonds. The van der Waals surface area contributed by atoms with E-state index in [4.69, 9.17) is 5.11 Å². The average molecular weight is 366 g/mol. The third-order valence-electron chi connectivity index (χ3n) is 4.32. The second-order valence-corrected chi connectivity index (χ2v) is 6.03. The van der Waals surface area contributed by atoms with Crippen molar-refractivity contribution in [3.8, 4) is 0 Å². The van der Waals surface area contributed by atoms with E-state index in [9.17, 15) is 18.0 Å². The lowest BCUT2D eigenvalue weighted by Crippen LogP contribution is -2.36. The fourth-order valence-corrected chi connectivity index (χ4v) is 2.92. The van der Waals surface area contributed by atoms with E-state index in [2.05, 4.69) is 15.3 Å². The normalized spacial score (nSPS) is 15.7. The number of halogens is 3. The predicted octanol–water partition coefficient (Wildman–Crippen LogP) is 3.54. The van der Waals surface area contributed by atoms with Crippen molar-refractivity contribution in [3.63, 3.8) is 0 Å². The second kappa shape index (κ2) is 7.19. The molecule has 138 valence electrons. The molecule has 26 heavy (non-hydrogen) atoms. The van der Waals surface area contributed by atoms with Crippen molar-refractivity contribution in [1.82, 2.24) is 9.97 Å². The number of carboxylic acids is 1. The molecule has 0 spiro atoms. The molecule has 0 radical (unpaired) electrons. The van der Waals surface area contributed by atoms with Crippen molar-refractivity contribution in [2.24, 2.45) is 5.92 Å². The van der Waals surface area contributed by atoms with Crippen LogP contribution in [0.15, 0.2) is 36.7 Å². The van der Waals surface area contributed by atoms with Crippen molar-refractivity contribution in [2.45, 2.75) is 19.0 Å². The number of rotatable bonds is 4. The van der Waals surface area contributed by atoms with Gasteiger partial charge in [0.15, 0.2) is 0 Å². The summed E-state index contributed by atoms with van der Waals surface area (Å²) in [6, 6.07) is 6.74. The summed E-state index contributed by atoms with van der Waals surface area (Å²) in [7, 11) is 0. The fraction of sp³-hybridized carbons (Fsp3) is 0.353. The van der Waals surface area contributed by atoms with Crippen LogP contribution in [0.5, 0.6) is 0 Å². The Morgan fingerprint density at radius 1 is 1.19 bits per heavy atom. The number of aromatic nitrogens is 2. The van der Waals surface area contributed by atoms with E-state index in [1.54, 1.807) is 6.07 Å². The molecule has 1 aliphatic rings. The SMILES string of the molecule is O=C(O)C1CCN(c2cc(Nc3ccccc3C(F)(F)F)ncn2)CC1. The van der Waals surface area contributed by atoms with Gasteiger partial charge in [-0.2, -0.15) is 13.2 Å². The molecule has 1 saturated heterocycles. The van der Waals surface area contributed by atoms with Gasteiger partial charge in [-0.05, 0) is 25.0 Å². The van der Waals surface area contributed by atoms with Crippen molar-refractivity contribution in [2.75, 3.05) is 23.3 Å².